The van der Waals surface area contributed by atoms with Gasteiger partial charge in [0, 0.05) is 18.5 Å². The van der Waals surface area contributed by atoms with Crippen molar-refractivity contribution in [1.29, 1.82) is 0 Å². The minimum Gasteiger partial charge on any atom is -0.305 e. The quantitative estimate of drug-likeness (QED) is 0.781. The first-order valence-electron chi connectivity index (χ1n) is 6.12. The van der Waals surface area contributed by atoms with Crippen molar-refractivity contribution in [3.05, 3.63) is 45.1 Å². The Morgan fingerprint density at radius 1 is 1.60 bits per heavy atom. The summed E-state index contributed by atoms with van der Waals surface area (Å²) in [6.07, 6.45) is 1.13. The molecule has 0 saturated heterocycles. The SMILES string of the molecule is C=Nc1cc(Cl)c(=O)n(CC)c1C1=C(F)C=CCC1F. The Bertz CT molecular complexity index is 676. The molecule has 1 aromatic rings. The van der Waals surface area contributed by atoms with Crippen molar-refractivity contribution in [3.63, 3.8) is 0 Å². The molecule has 6 heteroatoms. The van der Waals surface area contributed by atoms with E-state index in [0.717, 1.165) is 0 Å². The number of alkyl halides is 1. The van der Waals surface area contributed by atoms with Crippen LogP contribution in [0.2, 0.25) is 5.02 Å². The standard InChI is InChI=1S/C14H13ClF2N2O/c1-3-19-13(11(18-2)7-8(15)14(19)20)12-9(16)5-4-6-10(12)17/h4-5,7,10H,2-3,6H2,1H3. The van der Waals surface area contributed by atoms with Crippen molar-refractivity contribution < 1.29 is 8.78 Å². The van der Waals surface area contributed by atoms with Crippen LogP contribution >= 0.6 is 11.6 Å². The molecule has 0 bridgehead atoms. The lowest BCUT2D eigenvalue weighted by Crippen LogP contribution is -2.25. The molecular formula is C14H13ClF2N2O. The average molecular weight is 299 g/mol. The van der Waals surface area contributed by atoms with E-state index in [9.17, 15) is 13.6 Å². The van der Waals surface area contributed by atoms with Crippen molar-refractivity contribution in [2.24, 2.45) is 4.99 Å². The Labute approximate surface area is 119 Å². The summed E-state index contributed by atoms with van der Waals surface area (Å²) >= 11 is 5.82. The monoisotopic (exact) mass is 298 g/mol. The maximum Gasteiger partial charge on any atom is 0.269 e. The van der Waals surface area contributed by atoms with Gasteiger partial charge < -0.3 is 4.57 Å². The van der Waals surface area contributed by atoms with Crippen LogP contribution in [-0.2, 0) is 6.54 Å². The van der Waals surface area contributed by atoms with Crippen LogP contribution in [0, 0.1) is 0 Å². The van der Waals surface area contributed by atoms with Gasteiger partial charge in [-0.05, 0) is 25.8 Å². The van der Waals surface area contributed by atoms with Gasteiger partial charge >= 0.3 is 0 Å². The van der Waals surface area contributed by atoms with Gasteiger partial charge in [0.25, 0.3) is 5.56 Å². The molecule has 0 spiro atoms. The smallest absolute Gasteiger partial charge is 0.269 e. The van der Waals surface area contributed by atoms with E-state index in [2.05, 4.69) is 11.7 Å². The van der Waals surface area contributed by atoms with E-state index in [4.69, 9.17) is 11.6 Å². The number of hydrogen-bond acceptors (Lipinski definition) is 2. The zero-order valence-corrected chi connectivity index (χ0v) is 11.6. The van der Waals surface area contributed by atoms with Crippen LogP contribution in [0.5, 0.6) is 0 Å². The van der Waals surface area contributed by atoms with Gasteiger partial charge in [-0.15, -0.1) is 0 Å². The summed E-state index contributed by atoms with van der Waals surface area (Å²) in [6.45, 7) is 5.29. The zero-order chi connectivity index (χ0) is 14.9. The van der Waals surface area contributed by atoms with E-state index in [1.165, 1.54) is 22.8 Å². The van der Waals surface area contributed by atoms with E-state index in [0.29, 0.717) is 0 Å². The van der Waals surface area contributed by atoms with E-state index in [-0.39, 0.29) is 34.9 Å². The van der Waals surface area contributed by atoms with Crippen LogP contribution in [0.1, 0.15) is 19.0 Å². The Hall–Kier alpha value is -1.75. The maximum absolute atomic E-state index is 14.1. The molecule has 1 unspecified atom stereocenters. The Balaban J connectivity index is 2.86. The molecule has 3 nitrogen and oxygen atoms in total. The molecule has 0 saturated carbocycles. The Morgan fingerprint density at radius 2 is 2.30 bits per heavy atom. The van der Waals surface area contributed by atoms with Crippen LogP contribution < -0.4 is 5.56 Å². The summed E-state index contributed by atoms with van der Waals surface area (Å²) < 4.78 is 29.3. The first-order valence-corrected chi connectivity index (χ1v) is 6.49. The fraction of sp³-hybridized carbons (Fsp3) is 0.286. The molecule has 1 heterocycles. The largest absolute Gasteiger partial charge is 0.305 e. The number of pyridine rings is 1. The molecule has 106 valence electrons. The summed E-state index contributed by atoms with van der Waals surface area (Å²) in [4.78, 5) is 15.8. The highest BCUT2D eigenvalue weighted by molar-refractivity contribution is 6.30. The predicted molar refractivity (Wildman–Crippen MR) is 77.3 cm³/mol. The van der Waals surface area contributed by atoms with Crippen molar-refractivity contribution in [1.82, 2.24) is 4.57 Å². The number of hydrogen-bond donors (Lipinski definition) is 0. The van der Waals surface area contributed by atoms with Gasteiger partial charge in [-0.3, -0.25) is 9.79 Å². The molecule has 0 aromatic carbocycles. The predicted octanol–water partition coefficient (Wildman–Crippen LogP) is 3.83. The third-order valence-electron chi connectivity index (χ3n) is 3.14. The molecular weight excluding hydrogens is 286 g/mol. The number of aliphatic imine (C=N–C) groups is 1. The van der Waals surface area contributed by atoms with Gasteiger partial charge in [-0.25, -0.2) is 8.78 Å². The van der Waals surface area contributed by atoms with Crippen LogP contribution in [0.3, 0.4) is 0 Å². The van der Waals surface area contributed by atoms with Gasteiger partial charge in [-0.2, -0.15) is 0 Å². The number of halogens is 3. The molecule has 1 atom stereocenters. The van der Waals surface area contributed by atoms with Gasteiger partial charge in [-0.1, -0.05) is 17.7 Å². The molecule has 0 radical (unpaired) electrons. The molecule has 2 rings (SSSR count). The second kappa shape index (κ2) is 5.71. The minimum absolute atomic E-state index is 0.0548. The lowest BCUT2D eigenvalue weighted by atomic mass is 9.97. The van der Waals surface area contributed by atoms with Crippen molar-refractivity contribution >= 4 is 29.6 Å². The molecule has 0 amide bonds. The Kier molecular flexibility index (Phi) is 4.18. The highest BCUT2D eigenvalue weighted by Gasteiger charge is 2.27. The molecule has 1 aromatic heterocycles. The number of aromatic nitrogens is 1. The maximum atomic E-state index is 14.1. The Morgan fingerprint density at radius 3 is 2.85 bits per heavy atom. The third kappa shape index (κ3) is 2.33. The first kappa shape index (κ1) is 14.7. The van der Waals surface area contributed by atoms with Gasteiger partial charge in [0.05, 0.1) is 11.4 Å². The van der Waals surface area contributed by atoms with Crippen LogP contribution in [0.25, 0.3) is 5.57 Å². The summed E-state index contributed by atoms with van der Waals surface area (Å²) in [5, 5.41) is -0.0548. The second-order valence-electron chi connectivity index (χ2n) is 4.30. The van der Waals surface area contributed by atoms with E-state index in [1.54, 1.807) is 6.92 Å². The van der Waals surface area contributed by atoms with Gasteiger partial charge in [0.15, 0.2) is 0 Å². The highest BCUT2D eigenvalue weighted by atomic mass is 35.5. The van der Waals surface area contributed by atoms with Gasteiger partial charge in [0.1, 0.15) is 17.0 Å². The van der Waals surface area contributed by atoms with Crippen LogP contribution in [0.4, 0.5) is 14.5 Å². The van der Waals surface area contributed by atoms with Crippen molar-refractivity contribution in [2.45, 2.75) is 26.1 Å². The summed E-state index contributed by atoms with van der Waals surface area (Å²) in [5.74, 6) is -0.711. The minimum atomic E-state index is -1.53. The molecule has 1 aliphatic carbocycles. The lowest BCUT2D eigenvalue weighted by Gasteiger charge is -2.21. The van der Waals surface area contributed by atoms with Crippen LogP contribution in [-0.4, -0.2) is 17.5 Å². The highest BCUT2D eigenvalue weighted by Crippen LogP contribution is 2.36. The fourth-order valence-corrected chi connectivity index (χ4v) is 2.44. The normalized spacial score (nSPS) is 18.5. The van der Waals surface area contributed by atoms with Crippen molar-refractivity contribution in [2.75, 3.05) is 0 Å². The van der Waals surface area contributed by atoms with Gasteiger partial charge in [0.2, 0.25) is 0 Å². The summed E-state index contributed by atoms with van der Waals surface area (Å²) in [6, 6.07) is 1.28. The first-order chi connectivity index (χ1) is 9.51. The fourth-order valence-electron chi connectivity index (χ4n) is 2.23. The third-order valence-corrected chi connectivity index (χ3v) is 3.42. The molecule has 0 fully saturated rings. The molecule has 0 N–H and O–H groups in total. The van der Waals surface area contributed by atoms with E-state index < -0.39 is 17.6 Å². The number of rotatable bonds is 3. The van der Waals surface area contributed by atoms with Crippen molar-refractivity contribution in [3.8, 4) is 0 Å². The average Bonchev–Trinajstić information content (AvgIpc) is 2.42. The number of nitrogens with zero attached hydrogens (tertiary/aromatic N) is 2. The van der Waals surface area contributed by atoms with Crippen LogP contribution in [0.15, 0.2) is 33.8 Å². The zero-order valence-electron chi connectivity index (χ0n) is 10.9. The molecule has 20 heavy (non-hydrogen) atoms. The van der Waals surface area contributed by atoms with E-state index in [1.807, 2.05) is 0 Å². The molecule has 0 aliphatic heterocycles. The second-order valence-corrected chi connectivity index (χ2v) is 4.71. The topological polar surface area (TPSA) is 34.4 Å². The summed E-state index contributed by atoms with van der Waals surface area (Å²) in [7, 11) is 0. The van der Waals surface area contributed by atoms with E-state index >= 15 is 0 Å². The summed E-state index contributed by atoms with van der Waals surface area (Å²) in [5.41, 5.74) is -0.380. The molecule has 1 aliphatic rings. The lowest BCUT2D eigenvalue weighted by molar-refractivity contribution is 0.403. The number of allylic oxidation sites excluding steroid dienone is 4.